The Labute approximate surface area is 67.0 Å². The lowest BCUT2D eigenvalue weighted by Gasteiger charge is -2.20. The van der Waals surface area contributed by atoms with Crippen LogP contribution in [0.4, 0.5) is 0 Å². The number of nitrogens with zero attached hydrogens (tertiary/aromatic N) is 1. The van der Waals surface area contributed by atoms with Crippen LogP contribution in [-0.2, 0) is 4.79 Å². The van der Waals surface area contributed by atoms with E-state index < -0.39 is 0 Å². The van der Waals surface area contributed by atoms with Crippen LogP contribution in [0.3, 0.4) is 0 Å². The molecule has 0 aliphatic rings. The molecule has 0 saturated heterocycles. The van der Waals surface area contributed by atoms with Gasteiger partial charge in [0.1, 0.15) is 6.29 Å². The number of rotatable bonds is 5. The molecule has 0 aromatic rings. The van der Waals surface area contributed by atoms with Gasteiger partial charge in [-0.2, -0.15) is 11.8 Å². The maximum atomic E-state index is 10.1. The van der Waals surface area contributed by atoms with Crippen LogP contribution >= 0.6 is 11.8 Å². The summed E-state index contributed by atoms with van der Waals surface area (Å²) >= 11 is 1.81. The van der Waals surface area contributed by atoms with E-state index in [0.29, 0.717) is 12.6 Å². The molecule has 3 heteroatoms. The molecule has 0 saturated carbocycles. The zero-order valence-corrected chi connectivity index (χ0v) is 7.65. The lowest BCUT2D eigenvalue weighted by Crippen LogP contribution is -2.32. The topological polar surface area (TPSA) is 20.3 Å². The summed E-state index contributed by atoms with van der Waals surface area (Å²) in [5, 5.41) is 0. The van der Waals surface area contributed by atoms with Crippen LogP contribution < -0.4 is 0 Å². The molecule has 0 heterocycles. The Kier molecular flexibility index (Phi) is 5.73. The number of likely N-dealkylation sites (N-methyl/N-ethyl adjacent to an activating group) is 1. The number of carbonyl (C=O) groups excluding carboxylic acids is 1. The minimum absolute atomic E-state index is 0.500. The van der Waals surface area contributed by atoms with Gasteiger partial charge < -0.3 is 4.79 Å². The summed E-state index contributed by atoms with van der Waals surface area (Å²) in [5.74, 6) is 1.09. The third-order valence-corrected chi connectivity index (χ3v) is 2.34. The summed E-state index contributed by atoms with van der Waals surface area (Å²) in [7, 11) is 1.97. The van der Waals surface area contributed by atoms with Gasteiger partial charge in [-0.05, 0) is 20.2 Å². The first-order valence-corrected chi connectivity index (χ1v) is 4.74. The van der Waals surface area contributed by atoms with Gasteiger partial charge >= 0.3 is 0 Å². The number of carbonyl (C=O) groups is 1. The van der Waals surface area contributed by atoms with E-state index >= 15 is 0 Å². The van der Waals surface area contributed by atoms with Crippen molar-refractivity contribution in [3.63, 3.8) is 0 Å². The molecule has 0 N–H and O–H groups in total. The molecule has 0 aliphatic heterocycles. The van der Waals surface area contributed by atoms with E-state index in [4.69, 9.17) is 0 Å². The van der Waals surface area contributed by atoms with E-state index in [1.165, 1.54) is 0 Å². The van der Waals surface area contributed by atoms with Gasteiger partial charge in [-0.3, -0.25) is 4.90 Å². The van der Waals surface area contributed by atoms with Crippen LogP contribution in [0.15, 0.2) is 0 Å². The van der Waals surface area contributed by atoms with Gasteiger partial charge in [-0.1, -0.05) is 0 Å². The highest BCUT2D eigenvalue weighted by Gasteiger charge is 2.05. The number of thioether (sulfide) groups is 1. The molecule has 0 aliphatic carbocycles. The SMILES string of the molecule is CSCC(C)N(C)CC=O. The molecule has 0 spiro atoms. The van der Waals surface area contributed by atoms with E-state index in [1.807, 2.05) is 11.9 Å². The van der Waals surface area contributed by atoms with E-state index in [0.717, 1.165) is 12.0 Å². The van der Waals surface area contributed by atoms with Gasteiger partial charge in [0.25, 0.3) is 0 Å². The average Bonchev–Trinajstić information content (AvgIpc) is 1.89. The van der Waals surface area contributed by atoms with Crippen molar-refractivity contribution in [2.24, 2.45) is 0 Å². The maximum absolute atomic E-state index is 10.1. The molecule has 1 unspecified atom stereocenters. The molecule has 0 bridgehead atoms. The second-order valence-corrected chi connectivity index (χ2v) is 3.32. The quantitative estimate of drug-likeness (QED) is 0.558. The van der Waals surface area contributed by atoms with Gasteiger partial charge in [0.15, 0.2) is 0 Å². The fourth-order valence-corrected chi connectivity index (χ4v) is 1.40. The standard InChI is InChI=1S/C7H15NOS/c1-7(6-10-3)8(2)4-5-9/h5,7H,4,6H2,1-3H3. The number of hydrogen-bond acceptors (Lipinski definition) is 3. The summed E-state index contributed by atoms with van der Waals surface area (Å²) in [5.41, 5.74) is 0. The van der Waals surface area contributed by atoms with Gasteiger partial charge in [0.2, 0.25) is 0 Å². The van der Waals surface area contributed by atoms with Crippen LogP contribution in [0, 0.1) is 0 Å². The summed E-state index contributed by atoms with van der Waals surface area (Å²) in [6.07, 6.45) is 3.02. The molecular formula is C7H15NOS. The summed E-state index contributed by atoms with van der Waals surface area (Å²) in [4.78, 5) is 12.1. The normalized spacial score (nSPS) is 13.6. The Morgan fingerprint density at radius 3 is 2.70 bits per heavy atom. The Balaban J connectivity index is 3.47. The highest BCUT2D eigenvalue weighted by atomic mass is 32.2. The van der Waals surface area contributed by atoms with Gasteiger partial charge in [0.05, 0.1) is 6.54 Å². The maximum Gasteiger partial charge on any atom is 0.133 e. The Bertz CT molecular complexity index is 97.6. The first kappa shape index (κ1) is 9.98. The largest absolute Gasteiger partial charge is 0.302 e. The molecule has 0 aromatic heterocycles. The minimum atomic E-state index is 0.500. The second kappa shape index (κ2) is 5.74. The smallest absolute Gasteiger partial charge is 0.133 e. The third kappa shape index (κ3) is 3.90. The van der Waals surface area contributed by atoms with E-state index in [2.05, 4.69) is 13.2 Å². The Hall–Kier alpha value is -0.0200. The molecule has 0 radical (unpaired) electrons. The number of aldehydes is 1. The van der Waals surface area contributed by atoms with Crippen molar-refractivity contribution in [2.75, 3.05) is 25.6 Å². The van der Waals surface area contributed by atoms with Crippen LogP contribution in [-0.4, -0.2) is 42.8 Å². The van der Waals surface area contributed by atoms with E-state index in [-0.39, 0.29) is 0 Å². The van der Waals surface area contributed by atoms with E-state index in [9.17, 15) is 4.79 Å². The van der Waals surface area contributed by atoms with Crippen LogP contribution in [0.2, 0.25) is 0 Å². The molecular weight excluding hydrogens is 146 g/mol. The lowest BCUT2D eigenvalue weighted by atomic mass is 10.3. The van der Waals surface area contributed by atoms with Crippen molar-refractivity contribution in [3.05, 3.63) is 0 Å². The van der Waals surface area contributed by atoms with Crippen molar-refractivity contribution < 1.29 is 4.79 Å². The zero-order chi connectivity index (χ0) is 7.98. The summed E-state index contributed by atoms with van der Waals surface area (Å²) in [6.45, 7) is 2.67. The monoisotopic (exact) mass is 161 g/mol. The summed E-state index contributed by atoms with van der Waals surface area (Å²) in [6, 6.07) is 0.500. The van der Waals surface area contributed by atoms with Crippen molar-refractivity contribution in [3.8, 4) is 0 Å². The molecule has 60 valence electrons. The minimum Gasteiger partial charge on any atom is -0.302 e. The fourth-order valence-electron chi connectivity index (χ4n) is 0.666. The molecule has 10 heavy (non-hydrogen) atoms. The van der Waals surface area contributed by atoms with Crippen LogP contribution in [0.25, 0.3) is 0 Å². The molecule has 0 amide bonds. The van der Waals surface area contributed by atoms with Gasteiger partial charge in [-0.15, -0.1) is 0 Å². The average molecular weight is 161 g/mol. The number of hydrogen-bond donors (Lipinski definition) is 0. The van der Waals surface area contributed by atoms with E-state index in [1.54, 1.807) is 11.8 Å². The molecule has 0 rings (SSSR count). The van der Waals surface area contributed by atoms with Gasteiger partial charge in [0, 0.05) is 11.8 Å². The van der Waals surface area contributed by atoms with Gasteiger partial charge in [-0.25, -0.2) is 0 Å². The van der Waals surface area contributed by atoms with Crippen molar-refractivity contribution >= 4 is 18.0 Å². The molecule has 0 aromatic carbocycles. The van der Waals surface area contributed by atoms with Crippen molar-refractivity contribution in [2.45, 2.75) is 13.0 Å². The third-order valence-electron chi connectivity index (χ3n) is 1.52. The van der Waals surface area contributed by atoms with Crippen LogP contribution in [0.1, 0.15) is 6.92 Å². The van der Waals surface area contributed by atoms with Crippen LogP contribution in [0.5, 0.6) is 0 Å². The molecule has 1 atom stereocenters. The lowest BCUT2D eigenvalue weighted by molar-refractivity contribution is -0.108. The van der Waals surface area contributed by atoms with Crippen molar-refractivity contribution in [1.29, 1.82) is 0 Å². The highest BCUT2D eigenvalue weighted by molar-refractivity contribution is 7.98. The Morgan fingerprint density at radius 2 is 2.30 bits per heavy atom. The highest BCUT2D eigenvalue weighted by Crippen LogP contribution is 2.01. The fraction of sp³-hybridized carbons (Fsp3) is 0.857. The van der Waals surface area contributed by atoms with Crippen molar-refractivity contribution in [1.82, 2.24) is 4.90 Å². The first-order valence-electron chi connectivity index (χ1n) is 3.35. The summed E-state index contributed by atoms with van der Waals surface area (Å²) < 4.78 is 0. The zero-order valence-electron chi connectivity index (χ0n) is 6.83. The predicted octanol–water partition coefficient (Wildman–Crippen LogP) is 0.869. The molecule has 0 fully saturated rings. The molecule has 2 nitrogen and oxygen atoms in total. The Morgan fingerprint density at radius 1 is 1.70 bits per heavy atom. The second-order valence-electron chi connectivity index (χ2n) is 2.41. The predicted molar refractivity (Wildman–Crippen MR) is 46.5 cm³/mol. The first-order chi connectivity index (χ1) is 4.72.